The number of anilines is 2. The van der Waals surface area contributed by atoms with Crippen molar-refractivity contribution in [2.75, 3.05) is 62.2 Å². The fraction of sp³-hybridized carbons (Fsp3) is 0.462. The summed E-state index contributed by atoms with van der Waals surface area (Å²) < 4.78 is 18.7. The minimum absolute atomic E-state index is 0.0516. The highest BCUT2D eigenvalue weighted by molar-refractivity contribution is 5.97. The van der Waals surface area contributed by atoms with Crippen LogP contribution in [0.4, 0.5) is 15.8 Å². The fourth-order valence-corrected chi connectivity index (χ4v) is 4.44. The molecular weight excluding hydrogens is 435 g/mol. The van der Waals surface area contributed by atoms with Crippen LogP contribution in [-0.2, 0) is 9.59 Å². The Morgan fingerprint density at radius 2 is 1.76 bits per heavy atom. The summed E-state index contributed by atoms with van der Waals surface area (Å²) in [7, 11) is 0. The van der Waals surface area contributed by atoms with E-state index < -0.39 is 0 Å². The van der Waals surface area contributed by atoms with Crippen molar-refractivity contribution in [2.45, 2.75) is 26.2 Å². The number of benzene rings is 2. The van der Waals surface area contributed by atoms with Crippen LogP contribution in [0.25, 0.3) is 0 Å². The van der Waals surface area contributed by atoms with E-state index in [0.29, 0.717) is 25.4 Å². The van der Waals surface area contributed by atoms with E-state index in [1.54, 1.807) is 4.90 Å². The van der Waals surface area contributed by atoms with Gasteiger partial charge >= 0.3 is 0 Å². The van der Waals surface area contributed by atoms with Gasteiger partial charge in [0.15, 0.2) is 0 Å². The molecule has 1 saturated heterocycles. The number of halogens is 1. The molecule has 2 aromatic rings. The number of aryl methyl sites for hydroxylation is 1. The first-order valence-corrected chi connectivity index (χ1v) is 12.0. The molecule has 2 aromatic carbocycles. The highest BCUT2D eigenvalue weighted by atomic mass is 19.1. The topological polar surface area (TPSA) is 65.1 Å². The lowest BCUT2D eigenvalue weighted by Crippen LogP contribution is -2.47. The zero-order valence-electron chi connectivity index (χ0n) is 19.8. The molecule has 1 fully saturated rings. The van der Waals surface area contributed by atoms with E-state index in [1.807, 2.05) is 37.3 Å². The van der Waals surface area contributed by atoms with Gasteiger partial charge in [0, 0.05) is 51.3 Å². The molecule has 7 nitrogen and oxygen atoms in total. The van der Waals surface area contributed by atoms with Crippen molar-refractivity contribution in [3.8, 4) is 5.75 Å². The fourth-order valence-electron chi connectivity index (χ4n) is 4.44. The van der Waals surface area contributed by atoms with E-state index in [1.165, 1.54) is 12.1 Å². The van der Waals surface area contributed by atoms with Crippen LogP contribution < -0.4 is 19.9 Å². The van der Waals surface area contributed by atoms with Gasteiger partial charge in [-0.1, -0.05) is 6.07 Å². The predicted octanol–water partition coefficient (Wildman–Crippen LogP) is 2.97. The largest absolute Gasteiger partial charge is 0.490 e. The third-order valence-corrected chi connectivity index (χ3v) is 6.38. The molecule has 0 bridgehead atoms. The number of fused-ring (bicyclic) bond motifs is 1. The molecule has 0 spiro atoms. The van der Waals surface area contributed by atoms with Gasteiger partial charge in [-0.15, -0.1) is 0 Å². The van der Waals surface area contributed by atoms with E-state index in [0.717, 1.165) is 56.1 Å². The number of carbonyl (C=O) groups is 2. The van der Waals surface area contributed by atoms with E-state index in [-0.39, 0.29) is 30.5 Å². The highest BCUT2D eigenvalue weighted by Gasteiger charge is 2.24. The summed E-state index contributed by atoms with van der Waals surface area (Å²) in [5.74, 6) is 0.361. The Hall–Kier alpha value is -3.13. The second-order valence-electron chi connectivity index (χ2n) is 8.87. The first-order valence-electron chi connectivity index (χ1n) is 12.0. The van der Waals surface area contributed by atoms with E-state index >= 15 is 0 Å². The van der Waals surface area contributed by atoms with Crippen molar-refractivity contribution in [3.63, 3.8) is 0 Å². The summed E-state index contributed by atoms with van der Waals surface area (Å²) >= 11 is 0. The lowest BCUT2D eigenvalue weighted by Gasteiger charge is -2.36. The van der Waals surface area contributed by atoms with Gasteiger partial charge in [0.25, 0.3) is 0 Å². The Morgan fingerprint density at radius 3 is 2.53 bits per heavy atom. The summed E-state index contributed by atoms with van der Waals surface area (Å²) in [6.07, 6.45) is 1.24. The minimum Gasteiger partial charge on any atom is -0.490 e. The zero-order chi connectivity index (χ0) is 23.9. The summed E-state index contributed by atoms with van der Waals surface area (Å²) in [5.41, 5.74) is 2.91. The summed E-state index contributed by atoms with van der Waals surface area (Å²) in [5, 5.41) is 2.94. The Kier molecular flexibility index (Phi) is 8.00. The molecule has 1 N–H and O–H groups in total. The molecule has 8 heteroatoms. The first kappa shape index (κ1) is 24.0. The number of ether oxygens (including phenoxy) is 1. The Labute approximate surface area is 200 Å². The third-order valence-electron chi connectivity index (χ3n) is 6.38. The lowest BCUT2D eigenvalue weighted by atomic mass is 10.1. The van der Waals surface area contributed by atoms with Crippen molar-refractivity contribution >= 4 is 23.2 Å². The minimum atomic E-state index is -0.213. The normalized spacial score (nSPS) is 16.1. The van der Waals surface area contributed by atoms with Gasteiger partial charge in [-0.05, 0) is 61.9 Å². The molecule has 4 rings (SSSR count). The summed E-state index contributed by atoms with van der Waals surface area (Å²) in [6, 6.07) is 12.4. The quantitative estimate of drug-likeness (QED) is 0.604. The molecule has 2 amide bonds. The van der Waals surface area contributed by atoms with Crippen molar-refractivity contribution in [1.29, 1.82) is 0 Å². The lowest BCUT2D eigenvalue weighted by molar-refractivity contribution is -0.125. The number of nitrogens with one attached hydrogen (secondary N) is 1. The molecule has 2 aliphatic rings. The second kappa shape index (κ2) is 11.3. The van der Waals surface area contributed by atoms with Gasteiger partial charge in [-0.3, -0.25) is 14.5 Å². The molecule has 0 radical (unpaired) electrons. The predicted molar refractivity (Wildman–Crippen MR) is 131 cm³/mol. The number of amides is 2. The van der Waals surface area contributed by atoms with Crippen LogP contribution in [0.1, 0.15) is 24.8 Å². The average Bonchev–Trinajstić information content (AvgIpc) is 2.85. The van der Waals surface area contributed by atoms with Crippen LogP contribution in [-0.4, -0.2) is 69.1 Å². The summed E-state index contributed by atoms with van der Waals surface area (Å²) in [4.78, 5) is 31.3. The molecule has 34 heavy (non-hydrogen) atoms. The van der Waals surface area contributed by atoms with E-state index in [9.17, 15) is 14.0 Å². The molecule has 2 heterocycles. The maximum Gasteiger partial charge on any atom is 0.227 e. The van der Waals surface area contributed by atoms with E-state index in [2.05, 4.69) is 15.1 Å². The van der Waals surface area contributed by atoms with Crippen LogP contribution in [0, 0.1) is 12.7 Å². The van der Waals surface area contributed by atoms with Crippen LogP contribution >= 0.6 is 0 Å². The molecule has 0 aliphatic carbocycles. The van der Waals surface area contributed by atoms with Crippen LogP contribution in [0.3, 0.4) is 0 Å². The van der Waals surface area contributed by atoms with Gasteiger partial charge in [0.05, 0.1) is 12.2 Å². The maximum atomic E-state index is 13.1. The standard InChI is InChI=1S/C26H33FN4O3/c1-20-3-8-24-23(19-20)31(17-18-34-24)26(33)10-9-25(32)28-11-2-12-29-13-15-30(16-14-29)22-6-4-21(27)5-7-22/h3-8,19H,2,9-18H2,1H3,(H,28,32). The first-order chi connectivity index (χ1) is 16.5. The molecular formula is C26H33FN4O3. The summed E-state index contributed by atoms with van der Waals surface area (Å²) in [6.45, 7) is 8.17. The number of carbonyl (C=O) groups excluding carboxylic acids is 2. The van der Waals surface area contributed by atoms with E-state index in [4.69, 9.17) is 4.74 Å². The Balaban J connectivity index is 1.11. The Bertz CT molecular complexity index is 990. The molecule has 0 saturated carbocycles. The van der Waals surface area contributed by atoms with Gasteiger partial charge in [0.1, 0.15) is 18.2 Å². The van der Waals surface area contributed by atoms with Crippen molar-refractivity contribution < 1.29 is 18.7 Å². The van der Waals surface area contributed by atoms with Gasteiger partial charge < -0.3 is 19.9 Å². The molecule has 0 aromatic heterocycles. The molecule has 0 unspecified atom stereocenters. The number of nitrogens with zero attached hydrogens (tertiary/aromatic N) is 3. The van der Waals surface area contributed by atoms with Gasteiger partial charge in [0.2, 0.25) is 11.8 Å². The van der Waals surface area contributed by atoms with Crippen molar-refractivity contribution in [3.05, 3.63) is 53.8 Å². The average molecular weight is 469 g/mol. The molecule has 2 aliphatic heterocycles. The molecule has 0 atom stereocenters. The number of hydrogen-bond donors (Lipinski definition) is 1. The number of piperazine rings is 1. The monoisotopic (exact) mass is 468 g/mol. The van der Waals surface area contributed by atoms with Crippen molar-refractivity contribution in [1.82, 2.24) is 10.2 Å². The Morgan fingerprint density at radius 1 is 1.00 bits per heavy atom. The van der Waals surface area contributed by atoms with Crippen molar-refractivity contribution in [2.24, 2.45) is 0 Å². The van der Waals surface area contributed by atoms with Gasteiger partial charge in [-0.25, -0.2) is 4.39 Å². The molecule has 182 valence electrons. The number of rotatable bonds is 8. The van der Waals surface area contributed by atoms with Crippen LogP contribution in [0.5, 0.6) is 5.75 Å². The van der Waals surface area contributed by atoms with Crippen LogP contribution in [0.15, 0.2) is 42.5 Å². The second-order valence-corrected chi connectivity index (χ2v) is 8.87. The van der Waals surface area contributed by atoms with Gasteiger partial charge in [-0.2, -0.15) is 0 Å². The van der Waals surface area contributed by atoms with Crippen LogP contribution in [0.2, 0.25) is 0 Å². The number of hydrogen-bond acceptors (Lipinski definition) is 5. The smallest absolute Gasteiger partial charge is 0.227 e. The third kappa shape index (κ3) is 6.26. The SMILES string of the molecule is Cc1ccc2c(c1)N(C(=O)CCC(=O)NCCCN1CCN(c3ccc(F)cc3)CC1)CCO2. The zero-order valence-corrected chi connectivity index (χ0v) is 19.8. The maximum absolute atomic E-state index is 13.1. The highest BCUT2D eigenvalue weighted by Crippen LogP contribution is 2.32.